The van der Waals surface area contributed by atoms with Gasteiger partial charge in [0, 0.05) is 0 Å². The summed E-state index contributed by atoms with van der Waals surface area (Å²) in [5.74, 6) is -1.82. The molecule has 1 N–H and O–H groups in total. The second kappa shape index (κ2) is 7.22. The van der Waals surface area contributed by atoms with Crippen molar-refractivity contribution in [2.45, 2.75) is 50.7 Å². The average Bonchev–Trinajstić information content (AvgIpc) is 2.59. The highest BCUT2D eigenvalue weighted by atomic mass is 19.4. The van der Waals surface area contributed by atoms with E-state index in [1.165, 1.54) is 30.3 Å². The summed E-state index contributed by atoms with van der Waals surface area (Å²) in [4.78, 5) is 0. The molecule has 2 aromatic rings. The molecule has 0 radical (unpaired) electrons. The van der Waals surface area contributed by atoms with Crippen molar-refractivity contribution >= 4 is 10.8 Å². The van der Waals surface area contributed by atoms with Crippen molar-refractivity contribution in [1.29, 1.82) is 0 Å². The Labute approximate surface area is 151 Å². The van der Waals surface area contributed by atoms with Gasteiger partial charge in [-0.25, -0.2) is 0 Å². The van der Waals surface area contributed by atoms with Crippen LogP contribution in [0.3, 0.4) is 0 Å². The van der Waals surface area contributed by atoms with Gasteiger partial charge in [0.2, 0.25) is 0 Å². The number of hydrogen-bond donors (Lipinski definition) is 1. The number of halogens is 6. The van der Waals surface area contributed by atoms with Crippen molar-refractivity contribution in [3.8, 4) is 5.75 Å². The number of aliphatic hydroxyl groups excluding tert-OH is 1. The Morgan fingerprint density at radius 2 is 1.56 bits per heavy atom. The maximum atomic E-state index is 13.7. The Hall–Kier alpha value is -1.96. The molecular formula is C19H18F6O2. The molecule has 1 fully saturated rings. The zero-order valence-electron chi connectivity index (χ0n) is 14.2. The first-order chi connectivity index (χ1) is 12.6. The van der Waals surface area contributed by atoms with E-state index >= 15 is 0 Å². The van der Waals surface area contributed by atoms with Crippen molar-refractivity contribution < 1.29 is 36.2 Å². The number of rotatable bonds is 3. The normalized spacial score (nSPS) is 21.4. The highest BCUT2D eigenvalue weighted by Gasteiger charge is 2.42. The van der Waals surface area contributed by atoms with Gasteiger partial charge in [0.1, 0.15) is 11.3 Å². The minimum atomic E-state index is -4.70. The van der Waals surface area contributed by atoms with Gasteiger partial charge in [-0.3, -0.25) is 0 Å². The second-order valence-electron chi connectivity index (χ2n) is 6.78. The molecular weight excluding hydrogens is 374 g/mol. The van der Waals surface area contributed by atoms with Gasteiger partial charge in [-0.1, -0.05) is 18.2 Å². The lowest BCUT2D eigenvalue weighted by molar-refractivity contribution is -0.185. The monoisotopic (exact) mass is 392 g/mol. The van der Waals surface area contributed by atoms with Gasteiger partial charge in [0.05, 0.1) is 18.6 Å². The van der Waals surface area contributed by atoms with Gasteiger partial charge in [0.15, 0.2) is 0 Å². The van der Waals surface area contributed by atoms with Crippen LogP contribution >= 0.6 is 0 Å². The molecule has 0 aromatic heterocycles. The first-order valence-electron chi connectivity index (χ1n) is 8.56. The van der Waals surface area contributed by atoms with Gasteiger partial charge in [0.25, 0.3) is 0 Å². The summed E-state index contributed by atoms with van der Waals surface area (Å²) >= 11 is 0. The van der Waals surface area contributed by atoms with Crippen LogP contribution in [0.25, 0.3) is 10.8 Å². The Balaban J connectivity index is 1.91. The SMILES string of the molecule is OCc1ccc2ccc(OC3CCC(C(F)(F)F)CC3)c(C(F)(F)F)c2c1. The van der Waals surface area contributed by atoms with Gasteiger partial charge in [-0.05, 0) is 54.2 Å². The van der Waals surface area contributed by atoms with Crippen molar-refractivity contribution in [3.05, 3.63) is 41.5 Å². The second-order valence-corrected chi connectivity index (χ2v) is 6.78. The Bertz CT molecular complexity index is 804. The maximum absolute atomic E-state index is 13.7. The lowest BCUT2D eigenvalue weighted by Gasteiger charge is -2.31. The van der Waals surface area contributed by atoms with Crippen molar-refractivity contribution in [2.75, 3.05) is 0 Å². The van der Waals surface area contributed by atoms with Crippen LogP contribution in [-0.4, -0.2) is 17.4 Å². The van der Waals surface area contributed by atoms with E-state index in [4.69, 9.17) is 4.74 Å². The summed E-state index contributed by atoms with van der Waals surface area (Å²) in [5, 5.41) is 9.45. The van der Waals surface area contributed by atoms with E-state index in [1.807, 2.05) is 0 Å². The summed E-state index contributed by atoms with van der Waals surface area (Å²) in [6.45, 7) is -0.403. The number of benzene rings is 2. The minimum absolute atomic E-state index is 0.0518. The van der Waals surface area contributed by atoms with Crippen LogP contribution in [0, 0.1) is 5.92 Å². The topological polar surface area (TPSA) is 29.5 Å². The maximum Gasteiger partial charge on any atom is 0.420 e. The van der Waals surface area contributed by atoms with E-state index in [0.29, 0.717) is 10.9 Å². The van der Waals surface area contributed by atoms with Crippen LogP contribution in [0.1, 0.15) is 36.8 Å². The standard InChI is InChI=1S/C19H18F6O2/c20-18(21,22)13-4-6-14(7-5-13)27-16-8-3-12-2-1-11(10-26)9-15(12)17(16)19(23,24)25/h1-3,8-9,13-14,26H,4-7,10H2. The fourth-order valence-corrected chi connectivity index (χ4v) is 3.52. The third-order valence-electron chi connectivity index (χ3n) is 4.94. The first kappa shape index (κ1) is 19.8. The fourth-order valence-electron chi connectivity index (χ4n) is 3.52. The lowest BCUT2D eigenvalue weighted by atomic mass is 9.87. The Morgan fingerprint density at radius 1 is 0.926 bits per heavy atom. The van der Waals surface area contributed by atoms with E-state index in [1.54, 1.807) is 0 Å². The summed E-state index contributed by atoms with van der Waals surface area (Å²) in [7, 11) is 0. The van der Waals surface area contributed by atoms with Gasteiger partial charge in [-0.15, -0.1) is 0 Å². The zero-order valence-corrected chi connectivity index (χ0v) is 14.2. The smallest absolute Gasteiger partial charge is 0.420 e. The van der Waals surface area contributed by atoms with Crippen LogP contribution in [0.2, 0.25) is 0 Å². The molecule has 1 saturated carbocycles. The average molecular weight is 392 g/mol. The predicted molar refractivity (Wildman–Crippen MR) is 87.3 cm³/mol. The molecule has 1 aliphatic rings. The molecule has 8 heteroatoms. The number of hydrogen-bond acceptors (Lipinski definition) is 2. The first-order valence-corrected chi connectivity index (χ1v) is 8.56. The number of ether oxygens (including phenoxy) is 1. The molecule has 148 valence electrons. The Kier molecular flexibility index (Phi) is 5.29. The molecule has 0 unspecified atom stereocenters. The molecule has 0 heterocycles. The van der Waals surface area contributed by atoms with Gasteiger partial charge < -0.3 is 9.84 Å². The summed E-state index contributed by atoms with van der Waals surface area (Å²) in [6.07, 6.45) is -9.89. The molecule has 0 aliphatic heterocycles. The molecule has 0 spiro atoms. The van der Waals surface area contributed by atoms with E-state index in [2.05, 4.69) is 0 Å². The highest BCUT2D eigenvalue weighted by Crippen LogP contribution is 2.44. The molecule has 2 aromatic carbocycles. The van der Waals surface area contributed by atoms with Gasteiger partial charge >= 0.3 is 12.4 Å². The van der Waals surface area contributed by atoms with Crippen LogP contribution in [0.15, 0.2) is 30.3 Å². The molecule has 0 saturated heterocycles. The molecule has 0 bridgehead atoms. The predicted octanol–water partition coefficient (Wildman–Crippen LogP) is 5.85. The molecule has 1 aliphatic carbocycles. The quantitative estimate of drug-likeness (QED) is 0.664. The van der Waals surface area contributed by atoms with Crippen LogP contribution < -0.4 is 4.74 Å². The van der Waals surface area contributed by atoms with Crippen molar-refractivity contribution in [1.82, 2.24) is 0 Å². The van der Waals surface area contributed by atoms with Crippen molar-refractivity contribution in [2.24, 2.45) is 5.92 Å². The molecule has 3 rings (SSSR count). The fraction of sp³-hybridized carbons (Fsp3) is 0.474. The van der Waals surface area contributed by atoms with Gasteiger partial charge in [-0.2, -0.15) is 26.3 Å². The third kappa shape index (κ3) is 4.31. The molecule has 0 atom stereocenters. The van der Waals surface area contributed by atoms with E-state index in [9.17, 15) is 31.4 Å². The number of alkyl halides is 6. The summed E-state index contributed by atoms with van der Waals surface area (Å²) < 4.78 is 84.8. The van der Waals surface area contributed by atoms with Crippen LogP contribution in [0.5, 0.6) is 5.75 Å². The highest BCUT2D eigenvalue weighted by molar-refractivity contribution is 5.89. The summed E-state index contributed by atoms with van der Waals surface area (Å²) in [6, 6.07) is 6.95. The Morgan fingerprint density at radius 3 is 2.11 bits per heavy atom. The number of aliphatic hydroxyl groups is 1. The summed E-state index contributed by atoms with van der Waals surface area (Å²) in [5.41, 5.74) is -0.635. The van der Waals surface area contributed by atoms with E-state index in [0.717, 1.165) is 0 Å². The molecule has 27 heavy (non-hydrogen) atoms. The number of fused-ring (bicyclic) bond motifs is 1. The molecule has 0 amide bonds. The largest absolute Gasteiger partial charge is 0.490 e. The zero-order chi connectivity index (χ0) is 19.8. The van der Waals surface area contributed by atoms with Crippen LogP contribution in [0.4, 0.5) is 26.3 Å². The third-order valence-corrected chi connectivity index (χ3v) is 4.94. The van der Waals surface area contributed by atoms with Crippen molar-refractivity contribution in [3.63, 3.8) is 0 Å². The lowest BCUT2D eigenvalue weighted by Crippen LogP contribution is -2.32. The minimum Gasteiger partial charge on any atom is -0.490 e. The molecule has 2 nitrogen and oxygen atoms in total. The van der Waals surface area contributed by atoms with Crippen LogP contribution in [-0.2, 0) is 12.8 Å². The van der Waals surface area contributed by atoms with E-state index < -0.39 is 36.5 Å². The van der Waals surface area contributed by atoms with E-state index in [-0.39, 0.29) is 36.8 Å².